The summed E-state index contributed by atoms with van der Waals surface area (Å²) in [6.07, 6.45) is -0.598. The van der Waals surface area contributed by atoms with E-state index < -0.39 is 24.2 Å². The van der Waals surface area contributed by atoms with Gasteiger partial charge in [0, 0.05) is 23.8 Å². The number of aromatic amines is 2. The molecule has 112 valence electrons. The van der Waals surface area contributed by atoms with Gasteiger partial charge < -0.3 is 14.9 Å². The second-order valence-electron chi connectivity index (χ2n) is 5.07. The van der Waals surface area contributed by atoms with E-state index in [4.69, 9.17) is 0 Å². The molecule has 21 heavy (non-hydrogen) atoms. The van der Waals surface area contributed by atoms with E-state index in [9.17, 15) is 18.0 Å². The Hall–Kier alpha value is -2.18. The van der Waals surface area contributed by atoms with E-state index in [1.165, 1.54) is 0 Å². The molecule has 0 spiro atoms. The van der Waals surface area contributed by atoms with Crippen LogP contribution in [0.2, 0.25) is 0 Å². The number of aromatic nitrogens is 2. The first-order chi connectivity index (χ1) is 9.98. The lowest BCUT2D eigenvalue weighted by Crippen LogP contribution is -2.42. The molecule has 0 aromatic carbocycles. The molecule has 3 heterocycles. The number of hydrogen-bond acceptors (Lipinski definition) is 1. The summed E-state index contributed by atoms with van der Waals surface area (Å²) in [6, 6.07) is 5.68. The number of carbonyl (C=O) groups excluding carboxylic acids is 1. The van der Waals surface area contributed by atoms with Crippen molar-refractivity contribution < 1.29 is 18.0 Å². The predicted octanol–water partition coefficient (Wildman–Crippen LogP) is 3.31. The van der Waals surface area contributed by atoms with Crippen LogP contribution >= 0.6 is 0 Å². The molecule has 0 aliphatic carbocycles. The van der Waals surface area contributed by atoms with Crippen LogP contribution < -0.4 is 0 Å². The SMILES string of the molecule is O=C(N1C(c2ccc[nH]2)CCC1c1ccc[nH]1)C(F)(F)F. The highest BCUT2D eigenvalue weighted by atomic mass is 19.4. The van der Waals surface area contributed by atoms with Crippen molar-refractivity contribution in [3.63, 3.8) is 0 Å². The molecule has 3 rings (SSSR count). The Morgan fingerprint density at radius 1 is 1.05 bits per heavy atom. The number of carbonyl (C=O) groups is 1. The average molecular weight is 297 g/mol. The van der Waals surface area contributed by atoms with Crippen molar-refractivity contribution in [3.8, 4) is 0 Å². The largest absolute Gasteiger partial charge is 0.471 e. The summed E-state index contributed by atoms with van der Waals surface area (Å²) in [7, 11) is 0. The molecule has 0 saturated carbocycles. The minimum atomic E-state index is -4.87. The second-order valence-corrected chi connectivity index (χ2v) is 5.07. The van der Waals surface area contributed by atoms with Gasteiger partial charge in [-0.2, -0.15) is 13.2 Å². The summed E-state index contributed by atoms with van der Waals surface area (Å²) in [5.74, 6) is -1.79. The van der Waals surface area contributed by atoms with Gasteiger partial charge >= 0.3 is 12.1 Å². The van der Waals surface area contributed by atoms with Gasteiger partial charge in [-0.1, -0.05) is 0 Å². The van der Waals surface area contributed by atoms with Gasteiger partial charge in [0.05, 0.1) is 12.1 Å². The van der Waals surface area contributed by atoms with Crippen LogP contribution in [-0.2, 0) is 4.79 Å². The van der Waals surface area contributed by atoms with Crippen molar-refractivity contribution in [2.45, 2.75) is 31.1 Å². The lowest BCUT2D eigenvalue weighted by Gasteiger charge is -2.30. The van der Waals surface area contributed by atoms with E-state index in [1.807, 2.05) is 0 Å². The quantitative estimate of drug-likeness (QED) is 0.878. The fourth-order valence-corrected chi connectivity index (χ4v) is 2.95. The summed E-state index contributed by atoms with van der Waals surface area (Å²) in [4.78, 5) is 18.6. The summed E-state index contributed by atoms with van der Waals surface area (Å²) in [5, 5.41) is 0. The Labute approximate surface area is 119 Å². The highest BCUT2D eigenvalue weighted by molar-refractivity contribution is 5.83. The van der Waals surface area contributed by atoms with Crippen LogP contribution in [0.4, 0.5) is 13.2 Å². The van der Waals surface area contributed by atoms with Crippen LogP contribution in [-0.4, -0.2) is 27.0 Å². The van der Waals surface area contributed by atoms with Gasteiger partial charge in [0.25, 0.3) is 0 Å². The molecule has 2 atom stereocenters. The molecule has 4 nitrogen and oxygen atoms in total. The minimum Gasteiger partial charge on any atom is -0.363 e. The van der Waals surface area contributed by atoms with Crippen molar-refractivity contribution in [3.05, 3.63) is 48.0 Å². The van der Waals surface area contributed by atoms with Gasteiger partial charge in [0.15, 0.2) is 0 Å². The molecule has 2 aromatic rings. The van der Waals surface area contributed by atoms with Crippen LogP contribution in [0.5, 0.6) is 0 Å². The van der Waals surface area contributed by atoms with E-state index in [-0.39, 0.29) is 0 Å². The number of hydrogen-bond donors (Lipinski definition) is 2. The van der Waals surface area contributed by atoms with Crippen molar-refractivity contribution in [2.75, 3.05) is 0 Å². The Morgan fingerprint density at radius 3 is 1.86 bits per heavy atom. The number of halogens is 3. The first-order valence-electron chi connectivity index (χ1n) is 6.64. The highest BCUT2D eigenvalue weighted by Crippen LogP contribution is 2.45. The third-order valence-electron chi connectivity index (χ3n) is 3.82. The maximum Gasteiger partial charge on any atom is 0.471 e. The average Bonchev–Trinajstić information content (AvgIpc) is 3.16. The number of alkyl halides is 3. The molecule has 0 bridgehead atoms. The predicted molar refractivity (Wildman–Crippen MR) is 69.2 cm³/mol. The third kappa shape index (κ3) is 2.43. The lowest BCUT2D eigenvalue weighted by molar-refractivity contribution is -0.189. The normalized spacial score (nSPS) is 22.7. The van der Waals surface area contributed by atoms with E-state index in [0.29, 0.717) is 24.2 Å². The maximum absolute atomic E-state index is 12.9. The Bertz CT molecular complexity index is 562. The summed E-state index contributed by atoms with van der Waals surface area (Å²) in [6.45, 7) is 0. The smallest absolute Gasteiger partial charge is 0.363 e. The first-order valence-corrected chi connectivity index (χ1v) is 6.64. The fraction of sp³-hybridized carbons (Fsp3) is 0.357. The summed E-state index contributed by atoms with van der Waals surface area (Å²) in [5.41, 5.74) is 1.25. The zero-order valence-corrected chi connectivity index (χ0v) is 11.0. The van der Waals surface area contributed by atoms with Crippen LogP contribution in [0.1, 0.15) is 36.3 Å². The van der Waals surface area contributed by atoms with E-state index >= 15 is 0 Å². The fourth-order valence-electron chi connectivity index (χ4n) is 2.95. The lowest BCUT2D eigenvalue weighted by atomic mass is 10.1. The summed E-state index contributed by atoms with van der Waals surface area (Å²) < 4.78 is 38.8. The molecule has 7 heteroatoms. The molecule has 2 aromatic heterocycles. The van der Waals surface area contributed by atoms with E-state index in [1.54, 1.807) is 36.7 Å². The first kappa shape index (κ1) is 13.8. The molecule has 1 fully saturated rings. The molecule has 2 unspecified atom stereocenters. The van der Waals surface area contributed by atoms with Gasteiger partial charge in [-0.25, -0.2) is 0 Å². The van der Waals surface area contributed by atoms with Gasteiger partial charge in [0.2, 0.25) is 0 Å². The molecule has 0 radical (unpaired) electrons. The molecule has 1 aliphatic heterocycles. The highest BCUT2D eigenvalue weighted by Gasteiger charge is 2.50. The van der Waals surface area contributed by atoms with Crippen molar-refractivity contribution in [1.29, 1.82) is 0 Å². The van der Waals surface area contributed by atoms with E-state index in [0.717, 1.165) is 4.90 Å². The molecular weight excluding hydrogens is 283 g/mol. The Morgan fingerprint density at radius 2 is 1.52 bits per heavy atom. The van der Waals surface area contributed by atoms with E-state index in [2.05, 4.69) is 9.97 Å². The second kappa shape index (κ2) is 4.98. The molecular formula is C14H14F3N3O. The van der Waals surface area contributed by atoms with Crippen LogP contribution in [0.25, 0.3) is 0 Å². The van der Waals surface area contributed by atoms with Crippen molar-refractivity contribution in [1.82, 2.24) is 14.9 Å². The van der Waals surface area contributed by atoms with Gasteiger partial charge in [0.1, 0.15) is 0 Å². The number of likely N-dealkylation sites (tertiary alicyclic amines) is 1. The number of nitrogens with one attached hydrogen (secondary N) is 2. The number of rotatable bonds is 2. The number of nitrogens with zero attached hydrogens (tertiary/aromatic N) is 1. The molecule has 1 aliphatic rings. The van der Waals surface area contributed by atoms with Crippen molar-refractivity contribution >= 4 is 5.91 Å². The summed E-state index contributed by atoms with van der Waals surface area (Å²) >= 11 is 0. The Kier molecular flexibility index (Phi) is 3.27. The van der Waals surface area contributed by atoms with Gasteiger partial charge in [-0.05, 0) is 37.1 Å². The minimum absolute atomic E-state index is 0.492. The Balaban J connectivity index is 1.98. The maximum atomic E-state index is 12.9. The molecule has 1 saturated heterocycles. The van der Waals surface area contributed by atoms with Crippen LogP contribution in [0, 0.1) is 0 Å². The molecule has 2 N–H and O–H groups in total. The molecule has 1 amide bonds. The number of H-pyrrole nitrogens is 2. The zero-order chi connectivity index (χ0) is 15.0. The zero-order valence-electron chi connectivity index (χ0n) is 11.0. The monoisotopic (exact) mass is 297 g/mol. The van der Waals surface area contributed by atoms with Crippen LogP contribution in [0.3, 0.4) is 0 Å². The van der Waals surface area contributed by atoms with Gasteiger partial charge in [-0.3, -0.25) is 4.79 Å². The third-order valence-corrected chi connectivity index (χ3v) is 3.82. The standard InChI is InChI=1S/C14H14F3N3O/c15-14(16,17)13(21)20-11(9-3-1-7-18-9)5-6-12(20)10-4-2-8-19-10/h1-4,7-8,11-12,18-19H,5-6H2. The number of amides is 1. The van der Waals surface area contributed by atoms with Gasteiger partial charge in [-0.15, -0.1) is 0 Å². The topological polar surface area (TPSA) is 51.9 Å². The van der Waals surface area contributed by atoms with Crippen LogP contribution in [0.15, 0.2) is 36.7 Å². The van der Waals surface area contributed by atoms with Crippen molar-refractivity contribution in [2.24, 2.45) is 0 Å².